The summed E-state index contributed by atoms with van der Waals surface area (Å²) in [6.45, 7) is 1.76. The van der Waals surface area contributed by atoms with Gasteiger partial charge in [0.2, 0.25) is 0 Å². The van der Waals surface area contributed by atoms with E-state index in [2.05, 4.69) is 5.32 Å². The minimum atomic E-state index is -1.73. The number of carbonyl (C=O) groups is 4. The monoisotopic (exact) mass is 446 g/mol. The van der Waals surface area contributed by atoms with Crippen LogP contribution in [-0.2, 0) is 30.3 Å². The molecule has 32 heavy (non-hydrogen) atoms. The van der Waals surface area contributed by atoms with Crippen LogP contribution in [0.5, 0.6) is 0 Å². The number of likely N-dealkylation sites (tertiary alicyclic amines) is 1. The molecule has 1 saturated heterocycles. The maximum absolute atomic E-state index is 13.3. The molecule has 1 aliphatic carbocycles. The van der Waals surface area contributed by atoms with Gasteiger partial charge < -0.3 is 19.8 Å². The summed E-state index contributed by atoms with van der Waals surface area (Å²) in [5.41, 5.74) is 0.959. The van der Waals surface area contributed by atoms with Crippen molar-refractivity contribution in [2.45, 2.75) is 69.6 Å². The van der Waals surface area contributed by atoms with Gasteiger partial charge in [-0.2, -0.15) is 0 Å². The van der Waals surface area contributed by atoms with E-state index in [-0.39, 0.29) is 25.0 Å². The fourth-order valence-electron chi connectivity index (χ4n) is 4.89. The molecule has 0 unspecified atom stereocenters. The summed E-state index contributed by atoms with van der Waals surface area (Å²) >= 11 is 0. The Hall–Kier alpha value is -2.94. The van der Waals surface area contributed by atoms with E-state index >= 15 is 0 Å². The minimum absolute atomic E-state index is 0.0634. The Labute approximate surface area is 186 Å². The van der Waals surface area contributed by atoms with E-state index in [1.165, 1.54) is 4.90 Å². The molecule has 174 valence electrons. The Bertz CT molecular complexity index is 844. The lowest BCUT2D eigenvalue weighted by Crippen LogP contribution is -2.59. The van der Waals surface area contributed by atoms with Crippen LogP contribution in [0.15, 0.2) is 30.3 Å². The Kier molecular flexibility index (Phi) is 7.84. The second kappa shape index (κ2) is 10.6. The van der Waals surface area contributed by atoms with Gasteiger partial charge in [-0.3, -0.25) is 14.9 Å². The highest BCUT2D eigenvalue weighted by Gasteiger charge is 2.51. The number of rotatable bonds is 10. The van der Waals surface area contributed by atoms with E-state index in [0.717, 1.165) is 18.4 Å². The van der Waals surface area contributed by atoms with Crippen LogP contribution in [0.4, 0.5) is 0 Å². The Morgan fingerprint density at radius 2 is 1.88 bits per heavy atom. The minimum Gasteiger partial charge on any atom is -0.480 e. The van der Waals surface area contributed by atoms with E-state index in [4.69, 9.17) is 4.74 Å². The van der Waals surface area contributed by atoms with Crippen molar-refractivity contribution in [3.05, 3.63) is 35.9 Å². The number of esters is 1. The van der Waals surface area contributed by atoms with Gasteiger partial charge in [0.05, 0.1) is 6.61 Å². The Balaban J connectivity index is 1.79. The van der Waals surface area contributed by atoms with Crippen molar-refractivity contribution >= 4 is 23.8 Å². The predicted octanol–water partition coefficient (Wildman–Crippen LogP) is 1.45. The van der Waals surface area contributed by atoms with Crippen molar-refractivity contribution in [1.82, 2.24) is 10.2 Å². The van der Waals surface area contributed by atoms with Crippen LogP contribution in [0.25, 0.3) is 0 Å². The Morgan fingerprint density at radius 1 is 1.16 bits per heavy atom. The molecule has 2 aliphatic rings. The highest BCUT2D eigenvalue weighted by molar-refractivity contribution is 6.03. The molecule has 0 radical (unpaired) electrons. The number of fused-ring (bicyclic) bond motifs is 1. The largest absolute Gasteiger partial charge is 0.480 e. The lowest BCUT2D eigenvalue weighted by molar-refractivity contribution is -0.156. The van der Waals surface area contributed by atoms with Crippen LogP contribution >= 0.6 is 0 Å². The van der Waals surface area contributed by atoms with Crippen LogP contribution < -0.4 is 5.32 Å². The van der Waals surface area contributed by atoms with Crippen LogP contribution in [0.3, 0.4) is 0 Å². The number of aliphatic carboxylic acids is 2. The molecule has 1 saturated carbocycles. The van der Waals surface area contributed by atoms with Gasteiger partial charge in [0.1, 0.15) is 12.1 Å². The quantitative estimate of drug-likeness (QED) is 0.363. The van der Waals surface area contributed by atoms with E-state index in [9.17, 15) is 29.4 Å². The first-order valence-electron chi connectivity index (χ1n) is 11.1. The average Bonchev–Trinajstić information content (AvgIpc) is 3.35. The van der Waals surface area contributed by atoms with Gasteiger partial charge in [0.25, 0.3) is 5.91 Å². The summed E-state index contributed by atoms with van der Waals surface area (Å²) in [5, 5.41) is 22.1. The maximum atomic E-state index is 13.3. The van der Waals surface area contributed by atoms with E-state index in [1.807, 2.05) is 30.3 Å². The average molecular weight is 447 g/mol. The first-order chi connectivity index (χ1) is 15.3. The fraction of sp³-hybridized carbons (Fsp3) is 0.565. The summed E-state index contributed by atoms with van der Waals surface area (Å²) in [7, 11) is 0. The third kappa shape index (κ3) is 5.27. The normalized spacial score (nSPS) is 23.9. The van der Waals surface area contributed by atoms with Crippen molar-refractivity contribution in [3.63, 3.8) is 0 Å². The highest BCUT2D eigenvalue weighted by atomic mass is 16.5. The molecular weight excluding hydrogens is 416 g/mol. The molecule has 1 aliphatic heterocycles. The van der Waals surface area contributed by atoms with Crippen molar-refractivity contribution in [2.24, 2.45) is 5.92 Å². The maximum Gasteiger partial charge on any atom is 0.330 e. The lowest BCUT2D eigenvalue weighted by Gasteiger charge is -2.31. The van der Waals surface area contributed by atoms with Crippen LogP contribution in [0.2, 0.25) is 0 Å². The second-order valence-electron chi connectivity index (χ2n) is 8.36. The summed E-state index contributed by atoms with van der Waals surface area (Å²) < 4.78 is 5.09. The zero-order chi connectivity index (χ0) is 23.3. The molecule has 5 atom stereocenters. The van der Waals surface area contributed by atoms with Crippen molar-refractivity contribution in [1.29, 1.82) is 0 Å². The fourth-order valence-corrected chi connectivity index (χ4v) is 4.89. The SMILES string of the molecule is CCOC(=O)[C@@H](CCc1ccccc1)N[C@H](C(=O)O)C(=O)N1[C@@H](C(=O)O)C[C@H]2CCC[C@H]21. The topological polar surface area (TPSA) is 133 Å². The number of hydrogen-bond acceptors (Lipinski definition) is 6. The Morgan fingerprint density at radius 3 is 2.50 bits per heavy atom. The molecule has 1 aromatic carbocycles. The number of ether oxygens (including phenoxy) is 1. The standard InChI is InChI=1S/C23H30N2O7/c1-2-32-23(31)16(12-11-14-7-4-3-5-8-14)24-19(22(29)30)20(26)25-17-10-6-9-15(17)13-18(25)21(27)28/h3-5,7-8,15-19,24H,2,6,9-13H2,1H3,(H,27,28)(H,29,30)/t15-,16-,17-,18-,19+/m1/s1. The number of carboxylic acids is 2. The molecule has 0 aromatic heterocycles. The van der Waals surface area contributed by atoms with Crippen LogP contribution in [0, 0.1) is 5.92 Å². The molecule has 3 N–H and O–H groups in total. The second-order valence-corrected chi connectivity index (χ2v) is 8.36. The molecular formula is C23H30N2O7. The number of carboxylic acid groups (broad SMARTS) is 2. The number of amides is 1. The van der Waals surface area contributed by atoms with Crippen LogP contribution in [-0.4, -0.2) is 69.7 Å². The van der Waals surface area contributed by atoms with E-state index in [1.54, 1.807) is 6.92 Å². The first-order valence-corrected chi connectivity index (χ1v) is 11.1. The number of aryl methyl sites for hydroxylation is 1. The third-order valence-electron chi connectivity index (χ3n) is 6.37. The molecule has 1 amide bonds. The van der Waals surface area contributed by atoms with Crippen molar-refractivity contribution in [2.75, 3.05) is 6.61 Å². The third-order valence-corrected chi connectivity index (χ3v) is 6.37. The van der Waals surface area contributed by atoms with E-state index in [0.29, 0.717) is 19.3 Å². The van der Waals surface area contributed by atoms with E-state index < -0.39 is 41.9 Å². The number of carbonyl (C=O) groups excluding carboxylic acids is 2. The van der Waals surface area contributed by atoms with Gasteiger partial charge in [-0.05, 0) is 50.5 Å². The molecule has 2 fully saturated rings. The first kappa shape index (κ1) is 23.7. The highest BCUT2D eigenvalue weighted by Crippen LogP contribution is 2.41. The number of nitrogens with zero attached hydrogens (tertiary/aromatic N) is 1. The molecule has 9 heteroatoms. The van der Waals surface area contributed by atoms with Crippen LogP contribution in [0.1, 0.15) is 44.6 Å². The van der Waals surface area contributed by atoms with Gasteiger partial charge in [0.15, 0.2) is 6.04 Å². The lowest BCUT2D eigenvalue weighted by atomic mass is 10.0. The van der Waals surface area contributed by atoms with Gasteiger partial charge in [-0.15, -0.1) is 0 Å². The molecule has 9 nitrogen and oxygen atoms in total. The van der Waals surface area contributed by atoms with Gasteiger partial charge in [-0.1, -0.05) is 36.8 Å². The summed E-state index contributed by atoms with van der Waals surface area (Å²) in [5.74, 6) is -3.98. The molecule has 3 rings (SSSR count). The summed E-state index contributed by atoms with van der Waals surface area (Å²) in [6, 6.07) is 5.30. The predicted molar refractivity (Wildman–Crippen MR) is 114 cm³/mol. The molecule has 0 bridgehead atoms. The van der Waals surface area contributed by atoms with Gasteiger partial charge in [0, 0.05) is 6.04 Å². The number of benzene rings is 1. The molecule has 1 heterocycles. The van der Waals surface area contributed by atoms with Gasteiger partial charge >= 0.3 is 17.9 Å². The zero-order valence-corrected chi connectivity index (χ0v) is 18.1. The number of nitrogens with one attached hydrogen (secondary N) is 1. The zero-order valence-electron chi connectivity index (χ0n) is 18.1. The number of hydrogen-bond donors (Lipinski definition) is 3. The molecule has 1 aromatic rings. The van der Waals surface area contributed by atoms with Crippen molar-refractivity contribution in [3.8, 4) is 0 Å². The van der Waals surface area contributed by atoms with Gasteiger partial charge in [-0.25, -0.2) is 9.59 Å². The van der Waals surface area contributed by atoms with Crippen molar-refractivity contribution < 1.29 is 34.1 Å². The smallest absolute Gasteiger partial charge is 0.330 e. The summed E-state index contributed by atoms with van der Waals surface area (Å²) in [6.07, 6.45) is 3.39. The summed E-state index contributed by atoms with van der Waals surface area (Å²) in [4.78, 5) is 50.9. The molecule has 0 spiro atoms.